The monoisotopic (exact) mass is 267 g/mol. The number of rotatable bonds is 8. The topological polar surface area (TPSA) is 85.8 Å². The molecular weight excluding hydrogens is 242 g/mol. The molecule has 6 nitrogen and oxygen atoms in total. The average molecular weight is 267 g/mol. The van der Waals surface area contributed by atoms with Crippen LogP contribution in [0.5, 0.6) is 0 Å². The lowest BCUT2D eigenvalue weighted by Crippen LogP contribution is -2.45. The molecule has 0 saturated carbocycles. The zero-order valence-corrected chi connectivity index (χ0v) is 12.3. The van der Waals surface area contributed by atoms with E-state index in [1.165, 1.54) is 0 Å². The van der Waals surface area contributed by atoms with Crippen molar-refractivity contribution in [3.05, 3.63) is 11.6 Å². The molecule has 1 rings (SSSR count). The maximum Gasteiger partial charge on any atom is 0.234 e. The van der Waals surface area contributed by atoms with Crippen molar-refractivity contribution in [2.75, 3.05) is 0 Å². The Kier molecular flexibility index (Phi) is 5.95. The van der Waals surface area contributed by atoms with Crippen molar-refractivity contribution in [3.63, 3.8) is 0 Å². The molecule has 0 aliphatic rings. The van der Waals surface area contributed by atoms with Crippen molar-refractivity contribution in [2.24, 2.45) is 5.73 Å². The first kappa shape index (κ1) is 15.6. The van der Waals surface area contributed by atoms with Crippen molar-refractivity contribution in [3.8, 4) is 0 Å². The molecule has 0 radical (unpaired) electrons. The SMILES string of the molecule is CCc1nc(CC)n(CCC(NC(C)C)C(N)=O)n1. The highest BCUT2D eigenvalue weighted by Gasteiger charge is 2.17. The van der Waals surface area contributed by atoms with Gasteiger partial charge in [-0.05, 0) is 6.42 Å². The van der Waals surface area contributed by atoms with Crippen LogP contribution in [-0.2, 0) is 24.2 Å². The van der Waals surface area contributed by atoms with Crippen molar-refractivity contribution in [1.29, 1.82) is 0 Å². The summed E-state index contributed by atoms with van der Waals surface area (Å²) in [7, 11) is 0. The van der Waals surface area contributed by atoms with Gasteiger partial charge in [-0.25, -0.2) is 9.67 Å². The van der Waals surface area contributed by atoms with Crippen LogP contribution in [0.2, 0.25) is 0 Å². The van der Waals surface area contributed by atoms with Gasteiger partial charge in [0.15, 0.2) is 5.82 Å². The van der Waals surface area contributed by atoms with E-state index in [1.54, 1.807) is 0 Å². The summed E-state index contributed by atoms with van der Waals surface area (Å²) in [6.07, 6.45) is 2.29. The van der Waals surface area contributed by atoms with E-state index < -0.39 is 0 Å². The second-order valence-corrected chi connectivity index (χ2v) is 4.94. The highest BCUT2D eigenvalue weighted by Crippen LogP contribution is 2.04. The number of primary amides is 1. The Morgan fingerprint density at radius 2 is 2.05 bits per heavy atom. The Labute approximate surface area is 114 Å². The second kappa shape index (κ2) is 7.23. The Balaban J connectivity index is 2.67. The molecule has 0 spiro atoms. The molecule has 0 saturated heterocycles. The second-order valence-electron chi connectivity index (χ2n) is 4.94. The molecule has 1 atom stereocenters. The summed E-state index contributed by atoms with van der Waals surface area (Å²) < 4.78 is 1.89. The lowest BCUT2D eigenvalue weighted by molar-refractivity contribution is -0.120. The summed E-state index contributed by atoms with van der Waals surface area (Å²) in [5.74, 6) is 1.50. The predicted octanol–water partition coefficient (Wildman–Crippen LogP) is 0.645. The molecule has 0 aromatic carbocycles. The Morgan fingerprint density at radius 3 is 2.53 bits per heavy atom. The Hall–Kier alpha value is -1.43. The van der Waals surface area contributed by atoms with Gasteiger partial charge < -0.3 is 11.1 Å². The Morgan fingerprint density at radius 1 is 1.37 bits per heavy atom. The lowest BCUT2D eigenvalue weighted by atomic mass is 10.1. The normalized spacial score (nSPS) is 12.9. The lowest BCUT2D eigenvalue weighted by Gasteiger charge is -2.18. The molecule has 6 heteroatoms. The molecule has 108 valence electrons. The number of aryl methyl sites for hydroxylation is 3. The highest BCUT2D eigenvalue weighted by molar-refractivity contribution is 5.79. The summed E-state index contributed by atoms with van der Waals surface area (Å²) in [6, 6.07) is -0.0934. The predicted molar refractivity (Wildman–Crippen MR) is 74.6 cm³/mol. The van der Waals surface area contributed by atoms with Gasteiger partial charge in [-0.1, -0.05) is 27.7 Å². The van der Waals surface area contributed by atoms with E-state index in [0.717, 1.165) is 24.5 Å². The number of hydrogen-bond acceptors (Lipinski definition) is 4. The van der Waals surface area contributed by atoms with Crippen molar-refractivity contribution in [1.82, 2.24) is 20.1 Å². The van der Waals surface area contributed by atoms with Gasteiger partial charge in [0.05, 0.1) is 6.04 Å². The van der Waals surface area contributed by atoms with Crippen molar-refractivity contribution in [2.45, 2.75) is 65.6 Å². The zero-order valence-electron chi connectivity index (χ0n) is 12.3. The summed E-state index contributed by atoms with van der Waals surface area (Å²) >= 11 is 0. The fraction of sp³-hybridized carbons (Fsp3) is 0.769. The zero-order chi connectivity index (χ0) is 14.4. The van der Waals surface area contributed by atoms with Crippen LogP contribution in [-0.4, -0.2) is 32.8 Å². The van der Waals surface area contributed by atoms with Gasteiger partial charge in [0.1, 0.15) is 5.82 Å². The van der Waals surface area contributed by atoms with E-state index in [0.29, 0.717) is 13.0 Å². The summed E-state index contributed by atoms with van der Waals surface area (Å²) in [6.45, 7) is 8.74. The van der Waals surface area contributed by atoms with Crippen LogP contribution in [0.25, 0.3) is 0 Å². The largest absolute Gasteiger partial charge is 0.368 e. The summed E-state index contributed by atoms with van der Waals surface area (Å²) in [5, 5.41) is 7.61. The molecule has 1 aromatic heterocycles. The third kappa shape index (κ3) is 4.63. The van der Waals surface area contributed by atoms with Crippen LogP contribution >= 0.6 is 0 Å². The van der Waals surface area contributed by atoms with Crippen LogP contribution < -0.4 is 11.1 Å². The maximum absolute atomic E-state index is 11.4. The van der Waals surface area contributed by atoms with Gasteiger partial charge in [-0.3, -0.25) is 4.79 Å². The number of nitrogens with one attached hydrogen (secondary N) is 1. The highest BCUT2D eigenvalue weighted by atomic mass is 16.1. The van der Waals surface area contributed by atoms with Crippen LogP contribution in [0.1, 0.15) is 45.8 Å². The van der Waals surface area contributed by atoms with Gasteiger partial charge >= 0.3 is 0 Å². The quantitative estimate of drug-likeness (QED) is 0.724. The van der Waals surface area contributed by atoms with E-state index in [-0.39, 0.29) is 18.0 Å². The molecule has 1 aromatic rings. The van der Waals surface area contributed by atoms with Gasteiger partial charge in [0, 0.05) is 25.4 Å². The standard InChI is InChI=1S/C13H25N5O/c1-5-11-16-12(6-2)18(17-11)8-7-10(13(14)19)15-9(3)4/h9-10,15H,5-8H2,1-4H3,(H2,14,19). The summed E-state index contributed by atoms with van der Waals surface area (Å²) in [5.41, 5.74) is 5.40. The molecule has 0 fully saturated rings. The number of nitrogens with two attached hydrogens (primary N) is 1. The molecule has 1 heterocycles. The Bertz CT molecular complexity index is 413. The molecule has 1 unspecified atom stereocenters. The third-order valence-corrected chi connectivity index (χ3v) is 2.93. The number of carbonyl (C=O) groups excluding carboxylic acids is 1. The fourth-order valence-corrected chi connectivity index (χ4v) is 1.98. The number of carbonyl (C=O) groups is 1. The van der Waals surface area contributed by atoms with Gasteiger partial charge in [0.25, 0.3) is 0 Å². The van der Waals surface area contributed by atoms with Gasteiger partial charge in [-0.15, -0.1) is 0 Å². The number of amides is 1. The number of nitrogens with zero attached hydrogens (tertiary/aromatic N) is 3. The molecule has 0 aliphatic carbocycles. The van der Waals surface area contributed by atoms with E-state index in [9.17, 15) is 4.79 Å². The van der Waals surface area contributed by atoms with Crippen molar-refractivity contribution >= 4 is 5.91 Å². The number of aromatic nitrogens is 3. The minimum Gasteiger partial charge on any atom is -0.368 e. The van der Waals surface area contributed by atoms with E-state index in [1.807, 2.05) is 25.5 Å². The number of hydrogen-bond donors (Lipinski definition) is 2. The van der Waals surface area contributed by atoms with Crippen LogP contribution in [0.3, 0.4) is 0 Å². The molecule has 0 aliphatic heterocycles. The van der Waals surface area contributed by atoms with E-state index in [2.05, 4.69) is 22.3 Å². The first-order valence-corrected chi connectivity index (χ1v) is 6.95. The minimum atomic E-state index is -0.320. The average Bonchev–Trinajstić information content (AvgIpc) is 2.76. The van der Waals surface area contributed by atoms with Crippen LogP contribution in [0.4, 0.5) is 0 Å². The fourth-order valence-electron chi connectivity index (χ4n) is 1.98. The molecule has 19 heavy (non-hydrogen) atoms. The van der Waals surface area contributed by atoms with E-state index in [4.69, 9.17) is 5.73 Å². The van der Waals surface area contributed by atoms with Crippen molar-refractivity contribution < 1.29 is 4.79 Å². The maximum atomic E-state index is 11.4. The smallest absolute Gasteiger partial charge is 0.234 e. The van der Waals surface area contributed by atoms with Gasteiger partial charge in [0.2, 0.25) is 5.91 Å². The molecule has 1 amide bonds. The van der Waals surface area contributed by atoms with E-state index >= 15 is 0 Å². The van der Waals surface area contributed by atoms with Crippen LogP contribution in [0, 0.1) is 0 Å². The van der Waals surface area contributed by atoms with Crippen LogP contribution in [0.15, 0.2) is 0 Å². The minimum absolute atomic E-state index is 0.227. The first-order chi connectivity index (χ1) is 8.97. The molecule has 0 bridgehead atoms. The molecule has 3 N–H and O–H groups in total. The summed E-state index contributed by atoms with van der Waals surface area (Å²) in [4.78, 5) is 15.8. The molecular formula is C13H25N5O. The first-order valence-electron chi connectivity index (χ1n) is 6.95. The van der Waals surface area contributed by atoms with Gasteiger partial charge in [-0.2, -0.15) is 5.10 Å². The third-order valence-electron chi connectivity index (χ3n) is 2.93.